The van der Waals surface area contributed by atoms with E-state index in [0.29, 0.717) is 0 Å². The van der Waals surface area contributed by atoms with Crippen LogP contribution in [0.4, 0.5) is 0 Å². The summed E-state index contributed by atoms with van der Waals surface area (Å²) in [5.41, 5.74) is 3.68. The van der Waals surface area contributed by atoms with Gasteiger partial charge in [-0.15, -0.1) is 0 Å². The molecule has 0 radical (unpaired) electrons. The van der Waals surface area contributed by atoms with E-state index in [4.69, 9.17) is 0 Å². The first-order valence-electron chi connectivity index (χ1n) is 6.17. The second-order valence-electron chi connectivity index (χ2n) is 6.10. The topological polar surface area (TPSA) is 17.1 Å². The average molecular weight is 295 g/mol. The summed E-state index contributed by atoms with van der Waals surface area (Å²) in [5.74, 6) is 0.252. The molecular weight excluding hydrogens is 276 g/mol. The molecule has 1 atom stereocenters. The normalized spacial score (nSPS) is 20.2. The molecule has 0 unspecified atom stereocenters. The zero-order valence-electron chi connectivity index (χ0n) is 10.7. The van der Waals surface area contributed by atoms with Crippen LogP contribution >= 0.6 is 15.9 Å². The van der Waals surface area contributed by atoms with Gasteiger partial charge in [0.15, 0.2) is 5.78 Å². The van der Waals surface area contributed by atoms with E-state index in [-0.39, 0.29) is 16.0 Å². The Morgan fingerprint density at radius 3 is 2.71 bits per heavy atom. The van der Waals surface area contributed by atoms with Gasteiger partial charge in [-0.3, -0.25) is 4.79 Å². The van der Waals surface area contributed by atoms with Crippen molar-refractivity contribution in [1.29, 1.82) is 0 Å². The number of carbonyl (C=O) groups excluding carboxylic acids is 1. The predicted molar refractivity (Wildman–Crippen MR) is 75.0 cm³/mol. The highest BCUT2D eigenvalue weighted by molar-refractivity contribution is 9.10. The molecule has 0 heterocycles. The first-order valence-corrected chi connectivity index (χ1v) is 7.08. The van der Waals surface area contributed by atoms with Gasteiger partial charge in [0.05, 0.1) is 4.83 Å². The van der Waals surface area contributed by atoms with Crippen LogP contribution in [0, 0.1) is 5.41 Å². The highest BCUT2D eigenvalue weighted by Crippen LogP contribution is 2.28. The molecule has 0 bridgehead atoms. The highest BCUT2D eigenvalue weighted by Gasteiger charge is 2.25. The second kappa shape index (κ2) is 4.56. The quantitative estimate of drug-likeness (QED) is 0.711. The Labute approximate surface area is 112 Å². The van der Waals surface area contributed by atoms with Gasteiger partial charge in [-0.05, 0) is 41.9 Å². The minimum absolute atomic E-state index is 0.0138. The van der Waals surface area contributed by atoms with Gasteiger partial charge in [0, 0.05) is 5.56 Å². The average Bonchev–Trinajstić information content (AvgIpc) is 2.22. The van der Waals surface area contributed by atoms with E-state index < -0.39 is 0 Å². The molecule has 0 spiro atoms. The minimum atomic E-state index is 0.0138. The molecule has 1 nitrogen and oxygen atoms in total. The molecule has 0 N–H and O–H groups in total. The number of hydrogen-bond donors (Lipinski definition) is 0. The van der Waals surface area contributed by atoms with Crippen LogP contribution in [0.2, 0.25) is 0 Å². The van der Waals surface area contributed by atoms with E-state index in [1.54, 1.807) is 0 Å². The third-order valence-electron chi connectivity index (χ3n) is 3.13. The maximum absolute atomic E-state index is 12.1. The summed E-state index contributed by atoms with van der Waals surface area (Å²) in [6.07, 6.45) is 2.94. The molecule has 1 aliphatic carbocycles. The number of carbonyl (C=O) groups is 1. The Balaban J connectivity index is 2.33. The molecule has 1 aliphatic rings. The van der Waals surface area contributed by atoms with Crippen molar-refractivity contribution in [3.05, 3.63) is 34.9 Å². The molecule has 0 saturated heterocycles. The van der Waals surface area contributed by atoms with E-state index in [2.05, 4.69) is 54.9 Å². The maximum atomic E-state index is 12.1. The lowest BCUT2D eigenvalue weighted by Gasteiger charge is -2.22. The van der Waals surface area contributed by atoms with Crippen molar-refractivity contribution in [2.24, 2.45) is 5.41 Å². The number of benzene rings is 1. The van der Waals surface area contributed by atoms with Gasteiger partial charge in [-0.1, -0.05) is 48.8 Å². The molecular formula is C15H19BrO. The summed E-state index contributed by atoms with van der Waals surface area (Å²) in [6, 6.07) is 6.40. The van der Waals surface area contributed by atoms with Gasteiger partial charge in [-0.25, -0.2) is 0 Å². The Morgan fingerprint density at radius 1 is 1.35 bits per heavy atom. The standard InChI is InChI=1S/C15H19BrO/c1-15(2,3)9-10-4-5-11-6-7-13(16)14(17)12(11)8-10/h4-5,8,13H,6-7,9H2,1-3H3/t13-/m1/s1. The molecule has 1 aromatic carbocycles. The first-order chi connectivity index (χ1) is 7.87. The second-order valence-corrected chi connectivity index (χ2v) is 7.20. The monoisotopic (exact) mass is 294 g/mol. The smallest absolute Gasteiger partial charge is 0.176 e. The lowest BCUT2D eigenvalue weighted by molar-refractivity contribution is 0.0981. The fraction of sp³-hybridized carbons (Fsp3) is 0.533. The van der Waals surface area contributed by atoms with E-state index in [0.717, 1.165) is 24.8 Å². The van der Waals surface area contributed by atoms with Crippen molar-refractivity contribution >= 4 is 21.7 Å². The van der Waals surface area contributed by atoms with Crippen LogP contribution in [0.5, 0.6) is 0 Å². The molecule has 1 aromatic rings. The molecule has 0 saturated carbocycles. The number of hydrogen-bond acceptors (Lipinski definition) is 1. The van der Waals surface area contributed by atoms with E-state index in [1.165, 1.54) is 11.1 Å². The number of alkyl halides is 1. The fourth-order valence-electron chi connectivity index (χ4n) is 2.38. The van der Waals surface area contributed by atoms with Crippen molar-refractivity contribution < 1.29 is 4.79 Å². The first kappa shape index (κ1) is 12.8. The SMILES string of the molecule is CC(C)(C)Cc1ccc2c(c1)C(=O)[C@H](Br)CC2. The van der Waals surface area contributed by atoms with Gasteiger partial charge in [-0.2, -0.15) is 0 Å². The third-order valence-corrected chi connectivity index (χ3v) is 4.00. The molecule has 2 rings (SSSR count). The van der Waals surface area contributed by atoms with Crippen LogP contribution < -0.4 is 0 Å². The van der Waals surface area contributed by atoms with Crippen molar-refractivity contribution in [3.63, 3.8) is 0 Å². The Bertz CT molecular complexity index is 443. The van der Waals surface area contributed by atoms with Gasteiger partial charge >= 0.3 is 0 Å². The van der Waals surface area contributed by atoms with Crippen molar-refractivity contribution in [2.75, 3.05) is 0 Å². The summed E-state index contributed by atoms with van der Waals surface area (Å²) in [5, 5.41) is 0. The molecule has 0 aromatic heterocycles. The van der Waals surface area contributed by atoms with E-state index >= 15 is 0 Å². The van der Waals surface area contributed by atoms with Gasteiger partial charge in [0.2, 0.25) is 0 Å². The molecule has 0 fully saturated rings. The zero-order chi connectivity index (χ0) is 12.6. The molecule has 92 valence electrons. The van der Waals surface area contributed by atoms with E-state index in [1.807, 2.05) is 0 Å². The zero-order valence-corrected chi connectivity index (χ0v) is 12.3. The van der Waals surface area contributed by atoms with Crippen LogP contribution in [0.25, 0.3) is 0 Å². The summed E-state index contributed by atoms with van der Waals surface area (Å²) >= 11 is 3.46. The van der Waals surface area contributed by atoms with Crippen LogP contribution in [0.3, 0.4) is 0 Å². The summed E-state index contributed by atoms with van der Waals surface area (Å²) in [7, 11) is 0. The van der Waals surface area contributed by atoms with E-state index in [9.17, 15) is 4.79 Å². The maximum Gasteiger partial charge on any atom is 0.176 e. The number of Topliss-reactive ketones (excluding diaryl/α,β-unsaturated/α-hetero) is 1. The van der Waals surface area contributed by atoms with Crippen LogP contribution in [-0.4, -0.2) is 10.6 Å². The number of ketones is 1. The Kier molecular flexibility index (Phi) is 3.44. The fourth-order valence-corrected chi connectivity index (χ4v) is 2.85. The molecule has 0 aliphatic heterocycles. The highest BCUT2D eigenvalue weighted by atomic mass is 79.9. The molecule has 0 amide bonds. The van der Waals surface area contributed by atoms with Gasteiger partial charge in [0.25, 0.3) is 0 Å². The van der Waals surface area contributed by atoms with Crippen molar-refractivity contribution in [2.45, 2.75) is 44.9 Å². The van der Waals surface area contributed by atoms with Gasteiger partial charge < -0.3 is 0 Å². The number of rotatable bonds is 1. The number of halogens is 1. The van der Waals surface area contributed by atoms with Crippen LogP contribution in [-0.2, 0) is 12.8 Å². The van der Waals surface area contributed by atoms with Crippen LogP contribution in [0.15, 0.2) is 18.2 Å². The largest absolute Gasteiger partial charge is 0.293 e. The number of aryl methyl sites for hydroxylation is 1. The third kappa shape index (κ3) is 2.98. The Morgan fingerprint density at radius 2 is 2.06 bits per heavy atom. The molecule has 17 heavy (non-hydrogen) atoms. The van der Waals surface area contributed by atoms with Crippen LogP contribution in [0.1, 0.15) is 48.7 Å². The lowest BCUT2D eigenvalue weighted by Crippen LogP contribution is -2.23. The summed E-state index contributed by atoms with van der Waals surface area (Å²) in [6.45, 7) is 6.67. The lowest BCUT2D eigenvalue weighted by atomic mass is 9.84. The Hall–Kier alpha value is -0.630. The summed E-state index contributed by atoms with van der Waals surface area (Å²) < 4.78 is 0. The predicted octanol–water partition coefficient (Wildman–Crippen LogP) is 4.17. The van der Waals surface area contributed by atoms with Crippen molar-refractivity contribution in [3.8, 4) is 0 Å². The minimum Gasteiger partial charge on any atom is -0.293 e. The van der Waals surface area contributed by atoms with Gasteiger partial charge in [0.1, 0.15) is 0 Å². The molecule has 2 heteroatoms. The van der Waals surface area contributed by atoms with Crippen molar-refractivity contribution in [1.82, 2.24) is 0 Å². The summed E-state index contributed by atoms with van der Waals surface area (Å²) in [4.78, 5) is 12.1. The number of fused-ring (bicyclic) bond motifs is 1.